The third kappa shape index (κ3) is 21.0. The standard InChI is InChI=1S/C18H36O.Na.H/c1-2-3-4-5-6-7-8-9-10-11-12-13-14-15-16-17-18-19;;/h18H,2-17H2,1H3;;. The molecule has 0 heterocycles. The van der Waals surface area contributed by atoms with Crippen molar-refractivity contribution in [2.24, 2.45) is 0 Å². The maximum atomic E-state index is 10.1. The molecule has 0 aliphatic heterocycles. The van der Waals surface area contributed by atoms with E-state index in [2.05, 4.69) is 6.92 Å². The molecule has 0 saturated heterocycles. The van der Waals surface area contributed by atoms with Gasteiger partial charge in [-0.1, -0.05) is 96.8 Å². The van der Waals surface area contributed by atoms with Crippen LogP contribution in [0.5, 0.6) is 0 Å². The van der Waals surface area contributed by atoms with Gasteiger partial charge in [0.15, 0.2) is 0 Å². The summed E-state index contributed by atoms with van der Waals surface area (Å²) in [6.45, 7) is 2.28. The molecule has 0 amide bonds. The summed E-state index contributed by atoms with van der Waals surface area (Å²) in [4.78, 5) is 10.1. The van der Waals surface area contributed by atoms with Crippen molar-refractivity contribution in [3.05, 3.63) is 0 Å². The molecule has 0 spiro atoms. The molecule has 1 nitrogen and oxygen atoms in total. The first-order valence-electron chi connectivity index (χ1n) is 8.85. The summed E-state index contributed by atoms with van der Waals surface area (Å²) in [5.74, 6) is 0. The molecule has 2 heteroatoms. The Morgan fingerprint density at radius 1 is 0.550 bits per heavy atom. The van der Waals surface area contributed by atoms with Gasteiger partial charge in [0.1, 0.15) is 6.29 Å². The second-order valence-corrected chi connectivity index (χ2v) is 5.91. The van der Waals surface area contributed by atoms with Crippen molar-refractivity contribution < 1.29 is 4.79 Å². The summed E-state index contributed by atoms with van der Waals surface area (Å²) in [7, 11) is 0. The number of unbranched alkanes of at least 4 members (excludes halogenated alkanes) is 15. The Labute approximate surface area is 150 Å². The van der Waals surface area contributed by atoms with Crippen molar-refractivity contribution in [3.8, 4) is 0 Å². The van der Waals surface area contributed by atoms with Crippen LogP contribution in [-0.4, -0.2) is 35.8 Å². The molecule has 0 aliphatic rings. The van der Waals surface area contributed by atoms with Gasteiger partial charge in [0.05, 0.1) is 0 Å². The summed E-state index contributed by atoms with van der Waals surface area (Å²) >= 11 is 0. The molecule has 0 aromatic rings. The molecule has 0 N–H and O–H groups in total. The first-order valence-corrected chi connectivity index (χ1v) is 8.85. The Balaban J connectivity index is 0. The molecule has 20 heavy (non-hydrogen) atoms. The Morgan fingerprint density at radius 2 is 0.850 bits per heavy atom. The van der Waals surface area contributed by atoms with Crippen LogP contribution < -0.4 is 0 Å². The zero-order valence-corrected chi connectivity index (χ0v) is 13.3. The monoisotopic (exact) mass is 292 g/mol. The topological polar surface area (TPSA) is 17.1 Å². The van der Waals surface area contributed by atoms with E-state index in [1.165, 1.54) is 89.9 Å². The van der Waals surface area contributed by atoms with Crippen LogP contribution in [0.1, 0.15) is 110 Å². The van der Waals surface area contributed by atoms with E-state index >= 15 is 0 Å². The fourth-order valence-corrected chi connectivity index (χ4v) is 2.60. The molecule has 0 atom stereocenters. The molecule has 0 aromatic carbocycles. The fourth-order valence-electron chi connectivity index (χ4n) is 2.60. The molecule has 0 rings (SSSR count). The van der Waals surface area contributed by atoms with E-state index < -0.39 is 0 Å². The minimum absolute atomic E-state index is 0. The molecule has 0 aliphatic carbocycles. The second kappa shape index (κ2) is 22.0. The number of hydrogen-bond donors (Lipinski definition) is 0. The first kappa shape index (κ1) is 22.9. The summed E-state index contributed by atoms with van der Waals surface area (Å²) in [6.07, 6.45) is 22.6. The van der Waals surface area contributed by atoms with Crippen LogP contribution in [0.2, 0.25) is 0 Å². The van der Waals surface area contributed by atoms with Crippen LogP contribution in [0.3, 0.4) is 0 Å². The van der Waals surface area contributed by atoms with Crippen LogP contribution >= 0.6 is 0 Å². The Hall–Kier alpha value is 0.670. The fraction of sp³-hybridized carbons (Fsp3) is 0.944. The van der Waals surface area contributed by atoms with Crippen LogP contribution in [0.4, 0.5) is 0 Å². The normalized spacial score (nSPS) is 10.2. The van der Waals surface area contributed by atoms with Crippen molar-refractivity contribution in [2.45, 2.75) is 110 Å². The van der Waals surface area contributed by atoms with E-state index in [9.17, 15) is 4.79 Å². The van der Waals surface area contributed by atoms with E-state index in [0.717, 1.165) is 19.1 Å². The molecule has 0 saturated carbocycles. The number of hydrogen-bond acceptors (Lipinski definition) is 1. The number of carbonyl (C=O) groups is 1. The van der Waals surface area contributed by atoms with Crippen LogP contribution in [0, 0.1) is 0 Å². The predicted octanol–water partition coefficient (Wildman–Crippen LogP) is 5.80. The molecule has 0 fully saturated rings. The van der Waals surface area contributed by atoms with Crippen molar-refractivity contribution in [2.75, 3.05) is 0 Å². The quantitative estimate of drug-likeness (QED) is 0.200. The van der Waals surface area contributed by atoms with Crippen LogP contribution in [0.15, 0.2) is 0 Å². The summed E-state index contributed by atoms with van der Waals surface area (Å²) in [5, 5.41) is 0. The Bertz CT molecular complexity index is 171. The van der Waals surface area contributed by atoms with Gasteiger partial charge >= 0.3 is 29.6 Å². The average Bonchev–Trinajstić information content (AvgIpc) is 2.43. The van der Waals surface area contributed by atoms with Gasteiger partial charge in [-0.15, -0.1) is 0 Å². The van der Waals surface area contributed by atoms with Crippen LogP contribution in [-0.2, 0) is 4.79 Å². The SMILES string of the molecule is CCCCCCCCCCCCCCCCCC=O.[NaH]. The zero-order chi connectivity index (χ0) is 14.0. The van der Waals surface area contributed by atoms with Gasteiger partial charge < -0.3 is 4.79 Å². The van der Waals surface area contributed by atoms with Crippen molar-refractivity contribution in [1.82, 2.24) is 0 Å². The third-order valence-corrected chi connectivity index (χ3v) is 3.93. The predicted molar refractivity (Wildman–Crippen MR) is 92.8 cm³/mol. The second-order valence-electron chi connectivity index (χ2n) is 5.91. The molecule has 116 valence electrons. The minimum atomic E-state index is 0. The van der Waals surface area contributed by atoms with Crippen molar-refractivity contribution in [1.29, 1.82) is 0 Å². The van der Waals surface area contributed by atoms with Gasteiger partial charge in [-0.3, -0.25) is 0 Å². The van der Waals surface area contributed by atoms with E-state index in [1.54, 1.807) is 0 Å². The maximum absolute atomic E-state index is 10.1. The van der Waals surface area contributed by atoms with Gasteiger partial charge in [-0.05, 0) is 6.42 Å². The summed E-state index contributed by atoms with van der Waals surface area (Å²) < 4.78 is 0. The summed E-state index contributed by atoms with van der Waals surface area (Å²) in [6, 6.07) is 0. The molecule has 0 unspecified atom stereocenters. The number of carbonyl (C=O) groups excluding carboxylic acids is 1. The molecule has 0 aromatic heterocycles. The van der Waals surface area contributed by atoms with Crippen molar-refractivity contribution in [3.63, 3.8) is 0 Å². The van der Waals surface area contributed by atoms with Crippen LogP contribution in [0.25, 0.3) is 0 Å². The van der Waals surface area contributed by atoms with E-state index in [0.29, 0.717) is 0 Å². The zero-order valence-electron chi connectivity index (χ0n) is 13.3. The van der Waals surface area contributed by atoms with Gasteiger partial charge in [-0.2, -0.15) is 0 Å². The summed E-state index contributed by atoms with van der Waals surface area (Å²) in [5.41, 5.74) is 0. The van der Waals surface area contributed by atoms with Gasteiger partial charge in [0.2, 0.25) is 0 Å². The first-order chi connectivity index (χ1) is 9.41. The number of aldehydes is 1. The Kier molecular flexibility index (Phi) is 25.2. The molecular formula is C18H37NaO. The van der Waals surface area contributed by atoms with Gasteiger partial charge in [0, 0.05) is 6.42 Å². The number of rotatable bonds is 16. The van der Waals surface area contributed by atoms with E-state index in [1.807, 2.05) is 0 Å². The van der Waals surface area contributed by atoms with Gasteiger partial charge in [-0.25, -0.2) is 0 Å². The van der Waals surface area contributed by atoms with E-state index in [4.69, 9.17) is 0 Å². The third-order valence-electron chi connectivity index (χ3n) is 3.93. The average molecular weight is 292 g/mol. The molecule has 0 radical (unpaired) electrons. The van der Waals surface area contributed by atoms with Gasteiger partial charge in [0.25, 0.3) is 0 Å². The Morgan fingerprint density at radius 3 is 1.15 bits per heavy atom. The van der Waals surface area contributed by atoms with Crippen molar-refractivity contribution >= 4 is 35.8 Å². The molecular weight excluding hydrogens is 255 g/mol. The molecule has 0 bridgehead atoms. The van der Waals surface area contributed by atoms with E-state index in [-0.39, 0.29) is 29.6 Å².